The highest BCUT2D eigenvalue weighted by Gasteiger charge is 1.84. The second kappa shape index (κ2) is 2.93. The highest BCUT2D eigenvalue weighted by Crippen LogP contribution is 1.82. The van der Waals surface area contributed by atoms with Crippen LogP contribution in [0.25, 0.3) is 0 Å². The quantitative estimate of drug-likeness (QED) is 0.554. The summed E-state index contributed by atoms with van der Waals surface area (Å²) in [6, 6.07) is 10.1. The molecule has 0 saturated carbocycles. The predicted octanol–water partition coefficient (Wildman–Crippen LogP) is 1.33. The van der Waals surface area contributed by atoms with Crippen molar-refractivity contribution >= 4 is 27.3 Å². The van der Waals surface area contributed by atoms with Crippen molar-refractivity contribution in [2.75, 3.05) is 0 Å². The Bertz CT molecular complexity index is 150. The van der Waals surface area contributed by atoms with Crippen LogP contribution in [0.5, 0.6) is 0 Å². The standard InChI is InChI=1S/C6H5BBr/c8-7-6-4-2-1-3-5-6/h1-5H. The van der Waals surface area contributed by atoms with E-state index in [0.29, 0.717) is 0 Å². The summed E-state index contributed by atoms with van der Waals surface area (Å²) in [5.41, 5.74) is 1.20. The lowest BCUT2D eigenvalue weighted by Crippen LogP contribution is -2.05. The van der Waals surface area contributed by atoms with E-state index in [9.17, 15) is 0 Å². The molecule has 0 saturated heterocycles. The van der Waals surface area contributed by atoms with Gasteiger partial charge in [0, 0.05) is 0 Å². The van der Waals surface area contributed by atoms with Gasteiger partial charge in [-0.05, 0) is 0 Å². The first kappa shape index (κ1) is 5.89. The first-order valence-corrected chi connectivity index (χ1v) is 3.33. The first-order valence-electron chi connectivity index (χ1n) is 2.42. The van der Waals surface area contributed by atoms with Crippen molar-refractivity contribution in [2.24, 2.45) is 0 Å². The highest BCUT2D eigenvalue weighted by atomic mass is 79.9. The Balaban J connectivity index is 2.83. The van der Waals surface area contributed by atoms with Crippen molar-refractivity contribution in [1.29, 1.82) is 0 Å². The van der Waals surface area contributed by atoms with Gasteiger partial charge in [0.05, 0.1) is 0 Å². The van der Waals surface area contributed by atoms with Gasteiger partial charge in [-0.2, -0.15) is 15.8 Å². The lowest BCUT2D eigenvalue weighted by molar-refractivity contribution is 1.77. The summed E-state index contributed by atoms with van der Waals surface area (Å²) in [7, 11) is 0. The van der Waals surface area contributed by atoms with E-state index in [4.69, 9.17) is 0 Å². The third-order valence-electron chi connectivity index (χ3n) is 0.926. The van der Waals surface area contributed by atoms with Gasteiger partial charge in [0.15, 0.2) is 0 Å². The molecular formula is C6H5BBr. The Kier molecular flexibility index (Phi) is 2.16. The molecule has 1 rings (SSSR count). The fourth-order valence-electron chi connectivity index (χ4n) is 0.526. The maximum atomic E-state index is 3.23. The van der Waals surface area contributed by atoms with E-state index in [1.54, 1.807) is 0 Å². The topological polar surface area (TPSA) is 0 Å². The highest BCUT2D eigenvalue weighted by molar-refractivity contribution is 9.23. The maximum absolute atomic E-state index is 3.23. The summed E-state index contributed by atoms with van der Waals surface area (Å²) in [6.07, 6.45) is 1.90. The van der Waals surface area contributed by atoms with Crippen LogP contribution in [-0.4, -0.2) is 6.10 Å². The van der Waals surface area contributed by atoms with Gasteiger partial charge in [-0.1, -0.05) is 35.8 Å². The fourth-order valence-corrected chi connectivity index (χ4v) is 0.831. The lowest BCUT2D eigenvalue weighted by atomic mass is 9.96. The van der Waals surface area contributed by atoms with Crippen LogP contribution < -0.4 is 5.46 Å². The molecule has 8 heavy (non-hydrogen) atoms. The second-order valence-corrected chi connectivity index (χ2v) is 1.98. The maximum Gasteiger partial charge on any atom is 0.243 e. The Labute approximate surface area is 58.1 Å². The van der Waals surface area contributed by atoms with Crippen molar-refractivity contribution in [3.8, 4) is 0 Å². The van der Waals surface area contributed by atoms with E-state index in [1.165, 1.54) is 5.46 Å². The molecule has 0 aliphatic carbocycles. The summed E-state index contributed by atoms with van der Waals surface area (Å²) in [4.78, 5) is 0. The van der Waals surface area contributed by atoms with Crippen LogP contribution in [0.4, 0.5) is 0 Å². The van der Waals surface area contributed by atoms with Crippen LogP contribution in [0.3, 0.4) is 0 Å². The van der Waals surface area contributed by atoms with Crippen LogP contribution >= 0.6 is 15.8 Å². The summed E-state index contributed by atoms with van der Waals surface area (Å²) < 4.78 is 0. The van der Waals surface area contributed by atoms with Gasteiger partial charge in [-0.15, -0.1) is 0 Å². The third-order valence-corrected chi connectivity index (χ3v) is 1.45. The Morgan fingerprint density at radius 3 is 2.12 bits per heavy atom. The van der Waals surface area contributed by atoms with Crippen LogP contribution in [0.2, 0.25) is 0 Å². The molecule has 0 unspecified atom stereocenters. The molecule has 0 fully saturated rings. The molecule has 0 amide bonds. The molecule has 0 nitrogen and oxygen atoms in total. The SMILES string of the molecule is Br[B]c1ccccc1. The molecule has 0 spiro atoms. The second-order valence-electron chi connectivity index (χ2n) is 1.52. The summed E-state index contributed by atoms with van der Waals surface area (Å²) >= 11 is 3.23. The molecule has 0 heterocycles. The van der Waals surface area contributed by atoms with Crippen LogP contribution in [0.15, 0.2) is 30.3 Å². The number of rotatable bonds is 1. The minimum Gasteiger partial charge on any atom is -0.158 e. The Hall–Kier alpha value is -0.235. The predicted molar refractivity (Wildman–Crippen MR) is 40.8 cm³/mol. The summed E-state index contributed by atoms with van der Waals surface area (Å²) in [6.45, 7) is 0. The van der Waals surface area contributed by atoms with Gasteiger partial charge in [-0.25, -0.2) is 0 Å². The Morgan fingerprint density at radius 2 is 1.75 bits per heavy atom. The molecule has 39 valence electrons. The van der Waals surface area contributed by atoms with Crippen LogP contribution in [0.1, 0.15) is 0 Å². The Morgan fingerprint density at radius 1 is 1.12 bits per heavy atom. The monoisotopic (exact) mass is 167 g/mol. The first-order chi connectivity index (χ1) is 3.93. The van der Waals surface area contributed by atoms with Crippen molar-refractivity contribution in [2.45, 2.75) is 0 Å². The van der Waals surface area contributed by atoms with Crippen LogP contribution in [0, 0.1) is 0 Å². The normalized spacial score (nSPS) is 8.62. The number of hydrogen-bond donors (Lipinski definition) is 0. The van der Waals surface area contributed by atoms with E-state index in [1.807, 2.05) is 36.4 Å². The minimum atomic E-state index is 1.20. The third kappa shape index (κ3) is 1.37. The molecule has 1 radical (unpaired) electrons. The molecule has 0 aliphatic heterocycles. The molecular weight excluding hydrogens is 163 g/mol. The smallest absolute Gasteiger partial charge is 0.158 e. The largest absolute Gasteiger partial charge is 0.243 e. The van der Waals surface area contributed by atoms with Gasteiger partial charge in [0.1, 0.15) is 0 Å². The van der Waals surface area contributed by atoms with Gasteiger partial charge in [-0.3, -0.25) is 0 Å². The van der Waals surface area contributed by atoms with Gasteiger partial charge in [0.2, 0.25) is 6.10 Å². The van der Waals surface area contributed by atoms with Crippen molar-refractivity contribution in [1.82, 2.24) is 0 Å². The molecule has 0 bridgehead atoms. The number of halogens is 1. The van der Waals surface area contributed by atoms with Crippen LogP contribution in [-0.2, 0) is 0 Å². The van der Waals surface area contributed by atoms with E-state index in [-0.39, 0.29) is 0 Å². The minimum absolute atomic E-state index is 1.20. The summed E-state index contributed by atoms with van der Waals surface area (Å²) in [5.74, 6) is 0. The zero-order chi connectivity index (χ0) is 5.82. The number of hydrogen-bond acceptors (Lipinski definition) is 0. The van der Waals surface area contributed by atoms with E-state index < -0.39 is 0 Å². The van der Waals surface area contributed by atoms with Gasteiger partial charge >= 0.3 is 0 Å². The molecule has 0 aromatic heterocycles. The average molecular weight is 168 g/mol. The van der Waals surface area contributed by atoms with E-state index in [2.05, 4.69) is 15.8 Å². The number of benzene rings is 1. The zero-order valence-corrected chi connectivity index (χ0v) is 5.93. The average Bonchev–Trinajstić information content (AvgIpc) is 1.90. The van der Waals surface area contributed by atoms with Crippen molar-refractivity contribution in [3.63, 3.8) is 0 Å². The molecule has 0 atom stereocenters. The molecule has 1 aromatic rings. The molecule has 2 heteroatoms. The molecule has 0 N–H and O–H groups in total. The van der Waals surface area contributed by atoms with Crippen molar-refractivity contribution < 1.29 is 0 Å². The van der Waals surface area contributed by atoms with Gasteiger partial charge in [0.25, 0.3) is 0 Å². The zero-order valence-electron chi connectivity index (χ0n) is 4.34. The molecule has 0 aliphatic rings. The molecule has 1 aromatic carbocycles. The van der Waals surface area contributed by atoms with E-state index in [0.717, 1.165) is 0 Å². The van der Waals surface area contributed by atoms with E-state index >= 15 is 0 Å². The van der Waals surface area contributed by atoms with Gasteiger partial charge < -0.3 is 0 Å². The summed E-state index contributed by atoms with van der Waals surface area (Å²) in [5, 5.41) is 0. The lowest BCUT2D eigenvalue weighted by Gasteiger charge is -1.86. The fraction of sp³-hybridized carbons (Fsp3) is 0. The van der Waals surface area contributed by atoms with Crippen molar-refractivity contribution in [3.05, 3.63) is 30.3 Å².